The SMILES string of the molecule is CN1CC[C@@]23c4ccccc4C[C@@H]1[C@]2(O)CCC1(C2OCCO2)O[C@@H]13. The number of rotatable bonds is 1. The summed E-state index contributed by atoms with van der Waals surface area (Å²) in [7, 11) is 2.15. The molecule has 3 heterocycles. The number of epoxide rings is 1. The van der Waals surface area contributed by atoms with E-state index in [-0.39, 0.29) is 29.5 Å². The molecular weight excluding hydrogens is 318 g/mol. The molecule has 1 aromatic rings. The van der Waals surface area contributed by atoms with Gasteiger partial charge in [0.05, 0.1) is 24.2 Å². The van der Waals surface area contributed by atoms with E-state index in [0.29, 0.717) is 13.2 Å². The molecule has 25 heavy (non-hydrogen) atoms. The van der Waals surface area contributed by atoms with E-state index < -0.39 is 5.60 Å². The molecular formula is C20H25NO4. The first-order valence-electron chi connectivity index (χ1n) is 9.54. The van der Waals surface area contributed by atoms with Gasteiger partial charge in [0.25, 0.3) is 0 Å². The number of nitrogens with zero attached hydrogens (tertiary/aromatic N) is 1. The quantitative estimate of drug-likeness (QED) is 0.777. The van der Waals surface area contributed by atoms with Crippen molar-refractivity contribution in [2.45, 2.75) is 60.7 Å². The number of benzene rings is 1. The third-order valence-electron chi connectivity index (χ3n) is 7.72. The van der Waals surface area contributed by atoms with Crippen molar-refractivity contribution in [2.75, 3.05) is 26.8 Å². The Morgan fingerprint density at radius 2 is 1.92 bits per heavy atom. The van der Waals surface area contributed by atoms with Gasteiger partial charge in [0.15, 0.2) is 6.29 Å². The molecule has 1 unspecified atom stereocenters. The maximum Gasteiger partial charge on any atom is 0.189 e. The summed E-state index contributed by atoms with van der Waals surface area (Å²) in [6.45, 7) is 2.27. The van der Waals surface area contributed by atoms with Gasteiger partial charge < -0.3 is 24.2 Å². The Labute approximate surface area is 147 Å². The maximum atomic E-state index is 12.0. The number of ether oxygens (including phenoxy) is 3. The summed E-state index contributed by atoms with van der Waals surface area (Å²) in [6, 6.07) is 8.82. The summed E-state index contributed by atoms with van der Waals surface area (Å²) in [5, 5.41) is 12.0. The number of aliphatic hydroxyl groups is 1. The maximum absolute atomic E-state index is 12.0. The van der Waals surface area contributed by atoms with Gasteiger partial charge in [0, 0.05) is 6.04 Å². The van der Waals surface area contributed by atoms with Gasteiger partial charge in [0.1, 0.15) is 11.7 Å². The van der Waals surface area contributed by atoms with Crippen molar-refractivity contribution < 1.29 is 19.3 Å². The Kier molecular flexibility index (Phi) is 2.81. The van der Waals surface area contributed by atoms with Gasteiger partial charge in [-0.15, -0.1) is 0 Å². The second-order valence-corrected chi connectivity index (χ2v) is 8.53. The molecule has 1 aromatic carbocycles. The lowest BCUT2D eigenvalue weighted by Gasteiger charge is -2.63. The zero-order valence-corrected chi connectivity index (χ0v) is 14.6. The van der Waals surface area contributed by atoms with Crippen LogP contribution in [0.2, 0.25) is 0 Å². The fourth-order valence-corrected chi connectivity index (χ4v) is 6.53. The first kappa shape index (κ1) is 15.1. The zero-order chi connectivity index (χ0) is 16.9. The number of hydrogen-bond donors (Lipinski definition) is 1. The molecule has 2 bridgehead atoms. The highest BCUT2D eigenvalue weighted by atomic mass is 16.8. The zero-order valence-electron chi connectivity index (χ0n) is 14.6. The van der Waals surface area contributed by atoms with Crippen LogP contribution in [0, 0.1) is 0 Å². The van der Waals surface area contributed by atoms with Gasteiger partial charge >= 0.3 is 0 Å². The van der Waals surface area contributed by atoms with Crippen LogP contribution >= 0.6 is 0 Å². The van der Waals surface area contributed by atoms with Crippen LogP contribution in [0.5, 0.6) is 0 Å². The van der Waals surface area contributed by atoms with Gasteiger partial charge in [-0.25, -0.2) is 0 Å². The first-order valence-corrected chi connectivity index (χ1v) is 9.54. The normalized spacial score (nSPS) is 48.6. The minimum atomic E-state index is -0.738. The van der Waals surface area contributed by atoms with Crippen molar-refractivity contribution in [1.29, 1.82) is 0 Å². The third-order valence-corrected chi connectivity index (χ3v) is 7.72. The summed E-state index contributed by atoms with van der Waals surface area (Å²) in [4.78, 5) is 2.35. The number of fused-ring (bicyclic) bond motifs is 2. The molecule has 5 atom stereocenters. The number of piperidine rings is 1. The molecule has 5 heteroatoms. The third kappa shape index (κ3) is 1.59. The van der Waals surface area contributed by atoms with Crippen LogP contribution in [-0.2, 0) is 26.0 Å². The molecule has 4 fully saturated rings. The highest BCUT2D eigenvalue weighted by Gasteiger charge is 2.81. The molecule has 6 rings (SSSR count). The van der Waals surface area contributed by atoms with E-state index in [1.807, 2.05) is 0 Å². The lowest BCUT2D eigenvalue weighted by Crippen LogP contribution is -2.75. The minimum absolute atomic E-state index is 0.0144. The average Bonchev–Trinajstić information content (AvgIpc) is 3.12. The van der Waals surface area contributed by atoms with Crippen LogP contribution in [0.3, 0.4) is 0 Å². The highest BCUT2D eigenvalue weighted by molar-refractivity contribution is 5.49. The molecule has 0 aromatic heterocycles. The van der Waals surface area contributed by atoms with E-state index in [4.69, 9.17) is 14.2 Å². The predicted octanol–water partition coefficient (Wildman–Crippen LogP) is 1.22. The molecule has 134 valence electrons. The van der Waals surface area contributed by atoms with Crippen LogP contribution in [0.25, 0.3) is 0 Å². The molecule has 2 aliphatic carbocycles. The van der Waals surface area contributed by atoms with Crippen molar-refractivity contribution in [1.82, 2.24) is 4.90 Å². The Morgan fingerprint density at radius 3 is 2.76 bits per heavy atom. The van der Waals surface area contributed by atoms with Crippen LogP contribution < -0.4 is 0 Å². The van der Waals surface area contributed by atoms with Crippen LogP contribution in [0.15, 0.2) is 24.3 Å². The number of likely N-dealkylation sites (N-methyl/N-ethyl adjacent to an activating group) is 1. The highest BCUT2D eigenvalue weighted by Crippen LogP contribution is 2.68. The molecule has 0 spiro atoms. The lowest BCUT2D eigenvalue weighted by atomic mass is 9.48. The van der Waals surface area contributed by atoms with Crippen molar-refractivity contribution in [3.63, 3.8) is 0 Å². The van der Waals surface area contributed by atoms with Crippen molar-refractivity contribution in [2.24, 2.45) is 0 Å². The molecule has 5 aliphatic rings. The van der Waals surface area contributed by atoms with Crippen LogP contribution in [0.4, 0.5) is 0 Å². The van der Waals surface area contributed by atoms with E-state index >= 15 is 0 Å². The fourth-order valence-electron chi connectivity index (χ4n) is 6.53. The molecule has 5 nitrogen and oxygen atoms in total. The van der Waals surface area contributed by atoms with E-state index in [9.17, 15) is 5.11 Å². The van der Waals surface area contributed by atoms with E-state index in [1.54, 1.807) is 0 Å². The summed E-state index contributed by atoms with van der Waals surface area (Å²) < 4.78 is 18.1. The molecule has 1 N–H and O–H groups in total. The van der Waals surface area contributed by atoms with Gasteiger partial charge in [-0.05, 0) is 50.4 Å². The predicted molar refractivity (Wildman–Crippen MR) is 90.3 cm³/mol. The van der Waals surface area contributed by atoms with Crippen molar-refractivity contribution in [3.8, 4) is 0 Å². The second-order valence-electron chi connectivity index (χ2n) is 8.53. The van der Waals surface area contributed by atoms with Crippen LogP contribution in [0.1, 0.15) is 30.4 Å². The largest absolute Gasteiger partial charge is 0.387 e. The summed E-state index contributed by atoms with van der Waals surface area (Å²) >= 11 is 0. The molecule has 0 radical (unpaired) electrons. The lowest BCUT2D eigenvalue weighted by molar-refractivity contribution is -0.172. The topological polar surface area (TPSA) is 54.5 Å². The second kappa shape index (κ2) is 4.65. The molecule has 3 aliphatic heterocycles. The van der Waals surface area contributed by atoms with Gasteiger partial charge in [0.2, 0.25) is 0 Å². The minimum Gasteiger partial charge on any atom is -0.387 e. The smallest absolute Gasteiger partial charge is 0.189 e. The van der Waals surface area contributed by atoms with Gasteiger partial charge in [-0.1, -0.05) is 24.3 Å². The molecule has 1 saturated carbocycles. The standard InChI is InChI=1S/C20H25NO4/c1-21-9-8-18-14-5-3-2-4-13(14)12-15(21)20(18,22)7-6-19(16(18)25-19)17-23-10-11-24-17/h2-5,15-17,22H,6-12H2,1H3/t15-,16-,18+,19?,20-/m1/s1. The molecule has 0 amide bonds. The fraction of sp³-hybridized carbons (Fsp3) is 0.700. The van der Waals surface area contributed by atoms with E-state index in [2.05, 4.69) is 36.2 Å². The van der Waals surface area contributed by atoms with Gasteiger partial charge in [-0.2, -0.15) is 0 Å². The van der Waals surface area contributed by atoms with Crippen LogP contribution in [-0.4, -0.2) is 66.5 Å². The summed E-state index contributed by atoms with van der Waals surface area (Å²) in [6.07, 6.45) is 3.11. The Morgan fingerprint density at radius 1 is 1.12 bits per heavy atom. The first-order chi connectivity index (χ1) is 12.1. The van der Waals surface area contributed by atoms with Crippen molar-refractivity contribution in [3.05, 3.63) is 35.4 Å². The average molecular weight is 343 g/mol. The van der Waals surface area contributed by atoms with E-state index in [0.717, 1.165) is 32.2 Å². The number of hydrogen-bond acceptors (Lipinski definition) is 5. The van der Waals surface area contributed by atoms with Gasteiger partial charge in [-0.3, -0.25) is 0 Å². The number of likely N-dealkylation sites (tertiary alicyclic amines) is 1. The Hall–Kier alpha value is -0.980. The Bertz CT molecular complexity index is 734. The van der Waals surface area contributed by atoms with E-state index in [1.165, 1.54) is 11.1 Å². The Balaban J connectivity index is 1.54. The van der Waals surface area contributed by atoms with Crippen molar-refractivity contribution >= 4 is 0 Å². The monoisotopic (exact) mass is 343 g/mol. The summed E-state index contributed by atoms with van der Waals surface area (Å²) in [5.41, 5.74) is 1.22. The summed E-state index contributed by atoms with van der Waals surface area (Å²) in [5.74, 6) is 0. The molecule has 3 saturated heterocycles.